The quantitative estimate of drug-likeness (QED) is 0.103. The molecule has 0 saturated heterocycles. The molecule has 0 rings (SSSR count). The summed E-state index contributed by atoms with van der Waals surface area (Å²) < 4.78 is 26.4. The molecule has 8 heteroatoms. The Morgan fingerprint density at radius 3 is 1.52 bits per heavy atom. The number of hydrogen-bond donors (Lipinski definition) is 0. The van der Waals surface area contributed by atoms with E-state index in [4.69, 9.17) is 18.0 Å². The molecule has 0 aromatic rings. The van der Waals surface area contributed by atoms with E-state index in [-0.39, 0.29) is 0 Å². The van der Waals surface area contributed by atoms with Gasteiger partial charge in [-0.25, -0.2) is 0 Å². The lowest BCUT2D eigenvalue weighted by Gasteiger charge is -2.44. The summed E-state index contributed by atoms with van der Waals surface area (Å²) in [5.74, 6) is 0. The van der Waals surface area contributed by atoms with E-state index in [0.717, 1.165) is 32.0 Å². The lowest BCUT2D eigenvalue weighted by Crippen LogP contribution is -2.59. The van der Waals surface area contributed by atoms with Crippen LogP contribution in [-0.2, 0) is 18.0 Å². The molecule has 0 N–H and O–H groups in total. The third-order valence-corrected chi connectivity index (χ3v) is 16.9. The third kappa shape index (κ3) is 16.7. The summed E-state index contributed by atoms with van der Waals surface area (Å²) in [4.78, 5) is 0. The zero-order valence-corrected chi connectivity index (χ0v) is 26.9. The van der Waals surface area contributed by atoms with E-state index >= 15 is 0 Å². The van der Waals surface area contributed by atoms with Crippen LogP contribution in [0.5, 0.6) is 0 Å². The van der Waals surface area contributed by atoms with E-state index in [1.54, 1.807) is 14.2 Å². The van der Waals surface area contributed by atoms with Crippen molar-refractivity contribution in [2.24, 2.45) is 0 Å². The molecule has 33 heavy (non-hydrogen) atoms. The minimum atomic E-state index is -2.61. The largest absolute Gasteiger partial charge is 0.500 e. The average Bonchev–Trinajstić information content (AvgIpc) is 2.73. The van der Waals surface area contributed by atoms with Gasteiger partial charge in [0.15, 0.2) is 0 Å². The Balaban J connectivity index is 4.00. The molecule has 0 aliphatic rings. The van der Waals surface area contributed by atoms with Crippen LogP contribution >= 0.6 is 0 Å². The highest BCUT2D eigenvalue weighted by Crippen LogP contribution is 2.23. The normalized spacial score (nSPS) is 13.3. The SMILES string of the molecule is CCCCCCCCCCCCOCCO[Si](CCCN([Si](C)(C)C)[Si](C)(C)C)(OC)OC. The van der Waals surface area contributed by atoms with E-state index in [1.807, 2.05) is 0 Å². The third-order valence-electron chi connectivity index (χ3n) is 6.30. The molecule has 0 saturated carbocycles. The second-order valence-electron chi connectivity index (χ2n) is 11.3. The molecule has 0 bridgehead atoms. The minimum Gasteiger partial charge on any atom is -0.379 e. The summed E-state index contributed by atoms with van der Waals surface area (Å²) in [6, 6.07) is 0.865. The van der Waals surface area contributed by atoms with Crippen molar-refractivity contribution in [1.29, 1.82) is 0 Å². The van der Waals surface area contributed by atoms with Gasteiger partial charge in [0.2, 0.25) is 0 Å². The molecule has 0 unspecified atom stereocenters. The predicted molar refractivity (Wildman–Crippen MR) is 151 cm³/mol. The molecule has 0 aromatic carbocycles. The van der Waals surface area contributed by atoms with Gasteiger partial charge in [0, 0.05) is 26.9 Å². The van der Waals surface area contributed by atoms with Gasteiger partial charge in [0.25, 0.3) is 0 Å². The Hall–Kier alpha value is 0.451. The number of unbranched alkanes of at least 4 members (excludes halogenated alkanes) is 9. The molecule has 0 radical (unpaired) electrons. The number of ether oxygens (including phenoxy) is 1. The summed E-state index contributed by atoms with van der Waals surface area (Å²) in [5.41, 5.74) is 0. The van der Waals surface area contributed by atoms with Crippen LogP contribution < -0.4 is 0 Å². The molecular weight excluding hydrogens is 463 g/mol. The van der Waals surface area contributed by atoms with Gasteiger partial charge in [-0.15, -0.1) is 0 Å². The smallest absolute Gasteiger partial charge is 0.379 e. The summed E-state index contributed by atoms with van der Waals surface area (Å²) in [6.45, 7) is 20.1. The highest BCUT2D eigenvalue weighted by Gasteiger charge is 2.40. The van der Waals surface area contributed by atoms with Gasteiger partial charge < -0.3 is 22.2 Å². The average molecular weight is 522 g/mol. The molecule has 0 heterocycles. The second-order valence-corrected chi connectivity index (χ2v) is 24.5. The van der Waals surface area contributed by atoms with Crippen LogP contribution in [0.3, 0.4) is 0 Å². The van der Waals surface area contributed by atoms with Crippen molar-refractivity contribution >= 4 is 25.3 Å². The van der Waals surface area contributed by atoms with E-state index in [0.29, 0.717) is 13.2 Å². The first-order valence-electron chi connectivity index (χ1n) is 13.6. The highest BCUT2D eigenvalue weighted by molar-refractivity contribution is 6.89. The fourth-order valence-corrected chi connectivity index (χ4v) is 16.3. The Morgan fingerprint density at radius 2 is 1.06 bits per heavy atom. The van der Waals surface area contributed by atoms with E-state index in [2.05, 4.69) is 50.4 Å². The Kier molecular flexibility index (Phi) is 18.9. The van der Waals surface area contributed by atoms with Crippen LogP contribution in [0.1, 0.15) is 77.6 Å². The molecule has 0 aliphatic carbocycles. The van der Waals surface area contributed by atoms with Crippen LogP contribution in [0.2, 0.25) is 45.3 Å². The lowest BCUT2D eigenvalue weighted by atomic mass is 10.1. The monoisotopic (exact) mass is 521 g/mol. The van der Waals surface area contributed by atoms with Crippen LogP contribution in [0.4, 0.5) is 0 Å². The topological polar surface area (TPSA) is 40.2 Å². The molecule has 200 valence electrons. The minimum absolute atomic E-state index is 0.553. The molecule has 0 fully saturated rings. The molecular formula is C25H59NO4Si3. The van der Waals surface area contributed by atoms with Gasteiger partial charge in [0.05, 0.1) is 13.2 Å². The zero-order valence-electron chi connectivity index (χ0n) is 23.9. The van der Waals surface area contributed by atoms with Crippen molar-refractivity contribution in [2.75, 3.05) is 40.6 Å². The first-order chi connectivity index (χ1) is 15.5. The van der Waals surface area contributed by atoms with Crippen LogP contribution in [0, 0.1) is 0 Å². The second kappa shape index (κ2) is 18.7. The van der Waals surface area contributed by atoms with Crippen LogP contribution in [-0.4, -0.2) is 70.1 Å². The zero-order chi connectivity index (χ0) is 25.2. The first kappa shape index (κ1) is 33.5. The van der Waals surface area contributed by atoms with Crippen molar-refractivity contribution in [3.63, 3.8) is 0 Å². The van der Waals surface area contributed by atoms with Crippen molar-refractivity contribution in [2.45, 2.75) is 123 Å². The number of nitrogens with zero attached hydrogens (tertiary/aromatic N) is 1. The van der Waals surface area contributed by atoms with Gasteiger partial charge >= 0.3 is 8.80 Å². The van der Waals surface area contributed by atoms with Gasteiger partial charge in [-0.2, -0.15) is 0 Å². The summed E-state index contributed by atoms with van der Waals surface area (Å²) >= 11 is 0. The van der Waals surface area contributed by atoms with Crippen molar-refractivity contribution in [3.05, 3.63) is 0 Å². The van der Waals surface area contributed by atoms with Crippen molar-refractivity contribution in [3.8, 4) is 0 Å². The molecule has 0 spiro atoms. The van der Waals surface area contributed by atoms with E-state index in [9.17, 15) is 0 Å². The summed E-state index contributed by atoms with van der Waals surface area (Å²) in [7, 11) is -1.81. The molecule has 0 amide bonds. The maximum Gasteiger partial charge on any atom is 0.500 e. The molecule has 0 atom stereocenters. The first-order valence-corrected chi connectivity index (χ1v) is 22.4. The Labute approximate surface area is 210 Å². The van der Waals surface area contributed by atoms with Gasteiger partial charge in [-0.1, -0.05) is 104 Å². The lowest BCUT2D eigenvalue weighted by molar-refractivity contribution is 0.0483. The number of hydrogen-bond acceptors (Lipinski definition) is 5. The van der Waals surface area contributed by atoms with Crippen molar-refractivity contribution < 1.29 is 18.0 Å². The van der Waals surface area contributed by atoms with Gasteiger partial charge in [-0.05, 0) is 19.4 Å². The number of rotatable bonds is 23. The highest BCUT2D eigenvalue weighted by atomic mass is 28.4. The summed E-state index contributed by atoms with van der Waals surface area (Å²) in [5, 5.41) is 0. The predicted octanol–water partition coefficient (Wildman–Crippen LogP) is 7.53. The van der Waals surface area contributed by atoms with Crippen LogP contribution in [0.15, 0.2) is 0 Å². The molecule has 0 aromatic heterocycles. The fraction of sp³-hybridized carbons (Fsp3) is 1.00. The molecule has 0 aliphatic heterocycles. The van der Waals surface area contributed by atoms with Gasteiger partial charge in [0.1, 0.15) is 16.5 Å². The Bertz CT molecular complexity index is 438. The van der Waals surface area contributed by atoms with Crippen LogP contribution in [0.25, 0.3) is 0 Å². The summed E-state index contributed by atoms with van der Waals surface area (Å²) in [6.07, 6.45) is 14.6. The van der Waals surface area contributed by atoms with E-state index in [1.165, 1.54) is 57.8 Å². The maximum atomic E-state index is 6.15. The van der Waals surface area contributed by atoms with E-state index < -0.39 is 25.3 Å². The standard InChI is InChI=1S/C25H59NO4Si3/c1-10-11-12-13-14-15-16-17-18-19-22-29-23-24-30-33(27-2,28-3)25-20-21-26(31(4,5)6)32(7,8)9/h10-25H2,1-9H3. The van der Waals surface area contributed by atoms with Crippen molar-refractivity contribution in [1.82, 2.24) is 4.23 Å². The fourth-order valence-electron chi connectivity index (χ4n) is 4.66. The molecule has 5 nitrogen and oxygen atoms in total. The Morgan fingerprint density at radius 1 is 0.576 bits per heavy atom. The van der Waals surface area contributed by atoms with Gasteiger partial charge in [-0.3, -0.25) is 0 Å². The maximum absolute atomic E-state index is 6.15.